The first-order valence-electron chi connectivity index (χ1n) is 24.5. The van der Waals surface area contributed by atoms with Crippen molar-refractivity contribution in [1.29, 1.82) is 0 Å². The van der Waals surface area contributed by atoms with E-state index in [0.717, 1.165) is 81.5 Å². The molecule has 0 aliphatic heterocycles. The first-order chi connectivity index (χ1) is 33.6. The van der Waals surface area contributed by atoms with Crippen LogP contribution >= 0.6 is 0 Å². The molecule has 4 aromatic heterocycles. The summed E-state index contributed by atoms with van der Waals surface area (Å²) in [5, 5.41) is 2.23. The monoisotopic (exact) mass is 1090 g/mol. The van der Waals surface area contributed by atoms with Gasteiger partial charge in [-0.2, -0.15) is 0 Å². The Kier molecular flexibility index (Phi) is 14.8. The maximum absolute atomic E-state index is 6.26. The number of aryl methyl sites for hydroxylation is 7. The number of aromatic nitrogens is 4. The van der Waals surface area contributed by atoms with Gasteiger partial charge in [-0.25, -0.2) is 0 Å². The quantitative estimate of drug-likeness (QED) is 0.121. The molecule has 11 rings (SSSR count). The molecule has 5 nitrogen and oxygen atoms in total. The molecule has 4 heterocycles. The largest absolute Gasteiger partial charge is 3.00 e. The molecule has 0 N–H and O–H groups in total. The second-order valence-corrected chi connectivity index (χ2v) is 19.7. The molecule has 70 heavy (non-hydrogen) atoms. The zero-order chi connectivity index (χ0) is 47.3. The first-order valence-corrected chi connectivity index (χ1v) is 24.5. The Hall–Kier alpha value is -6.72. The number of hydrogen-bond acceptors (Lipinski definition) is 4. The van der Waals surface area contributed by atoms with Crippen LogP contribution in [0.5, 0.6) is 0 Å². The smallest absolute Gasteiger partial charge is 0.501 e. The molecule has 350 valence electrons. The van der Waals surface area contributed by atoms with Gasteiger partial charge in [-0.05, 0) is 132 Å². The van der Waals surface area contributed by atoms with E-state index in [2.05, 4.69) is 153 Å². The van der Waals surface area contributed by atoms with Crippen molar-refractivity contribution in [2.45, 2.75) is 85.0 Å². The zero-order valence-corrected chi connectivity index (χ0v) is 43.2. The predicted octanol–water partition coefficient (Wildman–Crippen LogP) is 15.7. The molecule has 6 heteroatoms. The number of nitrogens with zero attached hydrogens (tertiary/aromatic N) is 4. The van der Waals surface area contributed by atoms with Crippen LogP contribution in [0.4, 0.5) is 0 Å². The molecule has 0 bridgehead atoms. The molecule has 0 saturated heterocycles. The van der Waals surface area contributed by atoms with Gasteiger partial charge in [0, 0.05) is 37.2 Å². The van der Waals surface area contributed by atoms with Crippen molar-refractivity contribution >= 4 is 21.9 Å². The zero-order valence-electron chi connectivity index (χ0n) is 40.9. The second kappa shape index (κ2) is 21.5. The van der Waals surface area contributed by atoms with Gasteiger partial charge in [0.2, 0.25) is 0 Å². The number of rotatable bonds is 11. The van der Waals surface area contributed by atoms with Crippen molar-refractivity contribution in [3.63, 3.8) is 0 Å². The van der Waals surface area contributed by atoms with Gasteiger partial charge in [-0.1, -0.05) is 110 Å². The van der Waals surface area contributed by atoms with E-state index in [1.807, 2.05) is 78.9 Å². The van der Waals surface area contributed by atoms with Crippen LogP contribution in [-0.4, -0.2) is 19.5 Å². The van der Waals surface area contributed by atoms with E-state index in [1.54, 1.807) is 0 Å². The van der Waals surface area contributed by atoms with Gasteiger partial charge in [-0.15, -0.1) is 89.5 Å². The van der Waals surface area contributed by atoms with Crippen molar-refractivity contribution in [3.05, 3.63) is 221 Å². The van der Waals surface area contributed by atoms with E-state index in [-0.39, 0.29) is 20.1 Å². The standard InChI is InChI=1S/C33H32NO.C31H27N3.Ir/c1-21-18-24(23-14-16-33(3,4)17-15-23)12-13-25(21)29-19-30(34-20-22(29)2)28-10-7-9-27-26-8-5-6-11-31(26)35-32(27)28;1-34-21-20-32-31(34)29-17-14-24(15-18-29)10-11-25-6-5-7-26(22-25)12-13-27-16-19-30(33-23-27)28-8-3-2-4-9-28;/h5-9,11-13,18-20,23H,14-17H2,1-4H3;2-8,14-17,19-23H,10-13H2,1H3;/q-1;-2;+3. The molecule has 1 aliphatic carbocycles. The molecule has 6 aromatic carbocycles. The summed E-state index contributed by atoms with van der Waals surface area (Å²) in [6.07, 6.45) is 17.0. The molecule has 0 spiro atoms. The number of benzene rings is 6. The van der Waals surface area contributed by atoms with Gasteiger partial charge in [0.25, 0.3) is 0 Å². The van der Waals surface area contributed by atoms with Crippen LogP contribution in [0.3, 0.4) is 0 Å². The number of furan rings is 1. The number of hydrogen-bond donors (Lipinski definition) is 0. The van der Waals surface area contributed by atoms with Crippen molar-refractivity contribution in [2.24, 2.45) is 12.5 Å². The van der Waals surface area contributed by atoms with Crippen LogP contribution in [-0.2, 0) is 52.8 Å². The SMILES string of the molecule is Cc1cc(C2CCC(C)(C)CC2)ccc1-c1cc(-c2[c-]ccc3c2oc2ccccc23)ncc1C.Cn1ccnc1-c1[c-]cc(CCc2cccc(CCc3ccc(-c4[c-]cccc4)nc3)c2)cc1.[Ir+3]. The maximum Gasteiger partial charge on any atom is 3.00 e. The van der Waals surface area contributed by atoms with Gasteiger partial charge < -0.3 is 19.0 Å². The second-order valence-electron chi connectivity index (χ2n) is 19.7. The van der Waals surface area contributed by atoms with Crippen molar-refractivity contribution in [3.8, 4) is 45.0 Å². The number of fused-ring (bicyclic) bond motifs is 3. The van der Waals surface area contributed by atoms with Gasteiger partial charge >= 0.3 is 20.1 Å². The third-order valence-electron chi connectivity index (χ3n) is 14.2. The third-order valence-corrected chi connectivity index (χ3v) is 14.2. The maximum atomic E-state index is 6.26. The molecule has 0 amide bonds. The van der Waals surface area contributed by atoms with E-state index in [9.17, 15) is 0 Å². The van der Waals surface area contributed by atoms with Crippen molar-refractivity contribution in [1.82, 2.24) is 19.5 Å². The topological polar surface area (TPSA) is 56.7 Å². The van der Waals surface area contributed by atoms with Gasteiger partial charge in [0.15, 0.2) is 0 Å². The fraction of sp³-hybridized carbons (Fsp3) is 0.234. The molecule has 0 radical (unpaired) electrons. The molecule has 1 aliphatic rings. The van der Waals surface area contributed by atoms with E-state index in [0.29, 0.717) is 11.3 Å². The molecule has 0 unspecified atom stereocenters. The number of imidazole rings is 1. The van der Waals surface area contributed by atoms with Gasteiger partial charge in [0.1, 0.15) is 5.58 Å². The summed E-state index contributed by atoms with van der Waals surface area (Å²) >= 11 is 0. The van der Waals surface area contributed by atoms with Crippen molar-refractivity contribution < 1.29 is 24.5 Å². The Labute approximate surface area is 427 Å². The minimum Gasteiger partial charge on any atom is -0.501 e. The fourth-order valence-corrected chi connectivity index (χ4v) is 9.99. The van der Waals surface area contributed by atoms with Crippen molar-refractivity contribution in [2.75, 3.05) is 0 Å². The van der Waals surface area contributed by atoms with E-state index >= 15 is 0 Å². The molecule has 1 saturated carbocycles. The van der Waals surface area contributed by atoms with E-state index in [4.69, 9.17) is 9.40 Å². The van der Waals surface area contributed by atoms with Gasteiger partial charge in [-0.3, -0.25) is 4.98 Å². The summed E-state index contributed by atoms with van der Waals surface area (Å²) in [4.78, 5) is 13.8. The van der Waals surface area contributed by atoms with Crippen LogP contribution in [0, 0.1) is 37.5 Å². The van der Waals surface area contributed by atoms with E-state index < -0.39 is 0 Å². The molecule has 0 atom stereocenters. The van der Waals surface area contributed by atoms with Crippen LogP contribution in [0.2, 0.25) is 0 Å². The van der Waals surface area contributed by atoms with Crippen LogP contribution < -0.4 is 0 Å². The Morgan fingerprint density at radius 3 is 2.09 bits per heavy atom. The number of para-hydroxylation sites is 1. The van der Waals surface area contributed by atoms with E-state index in [1.165, 1.54) is 75.8 Å². The minimum atomic E-state index is 0. The summed E-state index contributed by atoms with van der Waals surface area (Å²) in [6, 6.07) is 59.2. The summed E-state index contributed by atoms with van der Waals surface area (Å²) in [5.41, 5.74) is 18.9. The normalized spacial score (nSPS) is 13.4. The summed E-state index contributed by atoms with van der Waals surface area (Å²) in [5.74, 6) is 1.63. The summed E-state index contributed by atoms with van der Waals surface area (Å²) in [6.45, 7) is 9.21. The third kappa shape index (κ3) is 11.0. The predicted molar refractivity (Wildman–Crippen MR) is 283 cm³/mol. The molecule has 1 fully saturated rings. The van der Waals surface area contributed by atoms with Crippen LogP contribution in [0.15, 0.2) is 169 Å². The average Bonchev–Trinajstić information content (AvgIpc) is 3.99. The Bertz CT molecular complexity index is 3340. The van der Waals surface area contributed by atoms with Crippen LogP contribution in [0.25, 0.3) is 67.0 Å². The number of pyridine rings is 2. The van der Waals surface area contributed by atoms with Gasteiger partial charge in [0.05, 0.1) is 11.4 Å². The van der Waals surface area contributed by atoms with Crippen LogP contribution in [0.1, 0.15) is 84.4 Å². The molecular weight excluding hydrogens is 1030 g/mol. The fourth-order valence-electron chi connectivity index (χ4n) is 9.99. The molecular formula is C64H59IrN4O. The minimum absolute atomic E-state index is 0. The Morgan fingerprint density at radius 2 is 1.37 bits per heavy atom. The Balaban J connectivity index is 0.000000171. The summed E-state index contributed by atoms with van der Waals surface area (Å²) < 4.78 is 8.28. The summed E-state index contributed by atoms with van der Waals surface area (Å²) in [7, 11) is 2.01. The average molecular weight is 1090 g/mol. The molecule has 10 aromatic rings. The Morgan fingerprint density at radius 1 is 0.614 bits per heavy atom. The first kappa shape index (κ1) is 48.3.